The lowest BCUT2D eigenvalue weighted by molar-refractivity contribution is -0.138. The summed E-state index contributed by atoms with van der Waals surface area (Å²) in [7, 11) is 1.65. The maximum atomic E-state index is 12.5. The van der Waals surface area contributed by atoms with Crippen molar-refractivity contribution < 1.29 is 23.7 Å². The number of rotatable bonds is 15. The van der Waals surface area contributed by atoms with Crippen molar-refractivity contribution in [3.63, 3.8) is 0 Å². The van der Waals surface area contributed by atoms with Gasteiger partial charge in [-0.2, -0.15) is 0 Å². The van der Waals surface area contributed by atoms with Gasteiger partial charge in [0.1, 0.15) is 6.61 Å². The Morgan fingerprint density at radius 2 is 1.50 bits per heavy atom. The smallest absolute Gasteiger partial charge is 0.248 e. The molecule has 8 nitrogen and oxygen atoms in total. The Hall–Kier alpha value is -2.14. The lowest BCUT2D eigenvalue weighted by Gasteiger charge is -2.36. The van der Waals surface area contributed by atoms with Crippen molar-refractivity contribution in [1.82, 2.24) is 9.80 Å². The van der Waals surface area contributed by atoms with Gasteiger partial charge >= 0.3 is 0 Å². The highest BCUT2D eigenvalue weighted by atomic mass is 32.2. The van der Waals surface area contributed by atoms with Gasteiger partial charge in [-0.3, -0.25) is 9.69 Å². The van der Waals surface area contributed by atoms with Crippen LogP contribution < -0.4 is 4.90 Å². The standard InChI is InChI=1S/C29H41N3O5S/c1-24-8-9-28-26(22-24)32(25-6-3-4-7-27(25)38-28)11-5-10-30-12-14-31(15-13-30)29(33)23-37-21-20-36-19-18-35-17-16-34-2/h3-4,6-9,22H,5,10-21,23H2,1-2H3. The summed E-state index contributed by atoms with van der Waals surface area (Å²) in [4.78, 5) is 22.0. The van der Waals surface area contributed by atoms with Crippen LogP contribution in [-0.2, 0) is 23.7 Å². The number of benzene rings is 2. The molecule has 0 atom stereocenters. The number of anilines is 2. The summed E-state index contributed by atoms with van der Waals surface area (Å²) in [5, 5.41) is 0. The Bertz CT molecular complexity index is 1020. The normalized spacial score (nSPS) is 15.4. The summed E-state index contributed by atoms with van der Waals surface area (Å²) in [6.07, 6.45) is 1.07. The number of carbonyl (C=O) groups excluding carboxylic acids is 1. The van der Waals surface area contributed by atoms with Crippen LogP contribution in [-0.4, -0.2) is 108 Å². The Labute approximate surface area is 231 Å². The molecule has 38 heavy (non-hydrogen) atoms. The quantitative estimate of drug-likeness (QED) is 0.314. The molecule has 208 valence electrons. The molecule has 2 heterocycles. The molecule has 2 aromatic rings. The number of hydrogen-bond acceptors (Lipinski definition) is 8. The molecule has 9 heteroatoms. The summed E-state index contributed by atoms with van der Waals surface area (Å²) in [6, 6.07) is 15.4. The zero-order valence-corrected chi connectivity index (χ0v) is 23.5. The van der Waals surface area contributed by atoms with E-state index in [-0.39, 0.29) is 12.5 Å². The minimum atomic E-state index is 0.0574. The van der Waals surface area contributed by atoms with Gasteiger partial charge in [-0.05, 0) is 49.7 Å². The highest BCUT2D eigenvalue weighted by Crippen LogP contribution is 2.48. The third kappa shape index (κ3) is 8.43. The number of carbonyl (C=O) groups is 1. The second kappa shape index (κ2) is 15.5. The van der Waals surface area contributed by atoms with Gasteiger partial charge in [0.2, 0.25) is 5.91 Å². The minimum absolute atomic E-state index is 0.0574. The Morgan fingerprint density at radius 3 is 2.26 bits per heavy atom. The van der Waals surface area contributed by atoms with Gasteiger partial charge in [0.25, 0.3) is 0 Å². The summed E-state index contributed by atoms with van der Waals surface area (Å²) >= 11 is 1.86. The molecule has 0 N–H and O–H groups in total. The zero-order chi connectivity index (χ0) is 26.6. The highest BCUT2D eigenvalue weighted by Gasteiger charge is 2.24. The van der Waals surface area contributed by atoms with Crippen LogP contribution in [0.1, 0.15) is 12.0 Å². The second-order valence-corrected chi connectivity index (χ2v) is 10.6. The van der Waals surface area contributed by atoms with E-state index >= 15 is 0 Å². The van der Waals surface area contributed by atoms with Crippen molar-refractivity contribution in [2.45, 2.75) is 23.1 Å². The van der Waals surface area contributed by atoms with Crippen LogP contribution in [0.4, 0.5) is 11.4 Å². The number of amides is 1. The van der Waals surface area contributed by atoms with Gasteiger partial charge in [-0.25, -0.2) is 0 Å². The van der Waals surface area contributed by atoms with Crippen LogP contribution in [0.25, 0.3) is 0 Å². The molecule has 0 aliphatic carbocycles. The third-order valence-electron chi connectivity index (χ3n) is 6.76. The van der Waals surface area contributed by atoms with E-state index in [4.69, 9.17) is 18.9 Å². The van der Waals surface area contributed by atoms with Crippen molar-refractivity contribution in [2.75, 3.05) is 97.5 Å². The fraction of sp³-hybridized carbons (Fsp3) is 0.552. The molecule has 4 rings (SSSR count). The predicted molar refractivity (Wildman–Crippen MR) is 151 cm³/mol. The molecule has 2 aliphatic rings. The molecule has 0 bridgehead atoms. The van der Waals surface area contributed by atoms with E-state index in [0.29, 0.717) is 39.6 Å². The van der Waals surface area contributed by atoms with E-state index in [0.717, 1.165) is 45.7 Å². The van der Waals surface area contributed by atoms with Crippen molar-refractivity contribution in [3.05, 3.63) is 48.0 Å². The number of fused-ring (bicyclic) bond motifs is 2. The van der Waals surface area contributed by atoms with Gasteiger partial charge in [0.05, 0.1) is 51.0 Å². The van der Waals surface area contributed by atoms with Gasteiger partial charge in [0.15, 0.2) is 0 Å². The first-order valence-corrected chi connectivity index (χ1v) is 14.3. The fourth-order valence-corrected chi connectivity index (χ4v) is 5.76. The van der Waals surface area contributed by atoms with Crippen molar-refractivity contribution in [3.8, 4) is 0 Å². The van der Waals surface area contributed by atoms with E-state index in [2.05, 4.69) is 59.2 Å². The lowest BCUT2D eigenvalue weighted by Crippen LogP contribution is -2.50. The zero-order valence-electron chi connectivity index (χ0n) is 22.7. The average molecular weight is 544 g/mol. The van der Waals surface area contributed by atoms with E-state index in [1.807, 2.05) is 16.7 Å². The van der Waals surface area contributed by atoms with Gasteiger partial charge < -0.3 is 28.7 Å². The van der Waals surface area contributed by atoms with Crippen LogP contribution in [0.2, 0.25) is 0 Å². The van der Waals surface area contributed by atoms with E-state index in [9.17, 15) is 4.79 Å². The first-order chi connectivity index (χ1) is 18.7. The van der Waals surface area contributed by atoms with Gasteiger partial charge in [-0.15, -0.1) is 0 Å². The molecule has 0 unspecified atom stereocenters. The topological polar surface area (TPSA) is 63.7 Å². The number of aryl methyl sites for hydroxylation is 1. The maximum absolute atomic E-state index is 12.5. The van der Waals surface area contributed by atoms with Crippen LogP contribution in [0.5, 0.6) is 0 Å². The first-order valence-electron chi connectivity index (χ1n) is 13.5. The summed E-state index contributed by atoms with van der Waals surface area (Å²) in [6.45, 7) is 10.6. The van der Waals surface area contributed by atoms with Crippen LogP contribution in [0.3, 0.4) is 0 Å². The average Bonchev–Trinajstić information content (AvgIpc) is 2.94. The summed E-state index contributed by atoms with van der Waals surface area (Å²) in [5.74, 6) is 0.0574. The highest BCUT2D eigenvalue weighted by molar-refractivity contribution is 7.99. The number of methoxy groups -OCH3 is 1. The van der Waals surface area contributed by atoms with Gasteiger partial charge in [-0.1, -0.05) is 30.0 Å². The van der Waals surface area contributed by atoms with Crippen molar-refractivity contribution >= 4 is 29.0 Å². The first kappa shape index (κ1) is 28.9. The molecule has 2 aromatic carbocycles. The number of hydrogen-bond donors (Lipinski definition) is 0. The molecule has 0 radical (unpaired) electrons. The largest absolute Gasteiger partial charge is 0.382 e. The van der Waals surface area contributed by atoms with E-state index in [1.165, 1.54) is 26.7 Å². The predicted octanol–water partition coefficient (Wildman–Crippen LogP) is 3.83. The number of nitrogens with zero attached hydrogens (tertiary/aromatic N) is 3. The van der Waals surface area contributed by atoms with Crippen molar-refractivity contribution in [2.24, 2.45) is 0 Å². The fourth-order valence-electron chi connectivity index (χ4n) is 4.69. The Morgan fingerprint density at radius 1 is 0.816 bits per heavy atom. The van der Waals surface area contributed by atoms with Crippen LogP contribution >= 0.6 is 11.8 Å². The Balaban J connectivity index is 1.12. The SMILES string of the molecule is COCCOCCOCCOCC(=O)N1CCN(CCCN2c3ccccc3Sc3ccc(C)cc32)CC1. The van der Waals surface area contributed by atoms with Crippen LogP contribution in [0, 0.1) is 6.92 Å². The number of piperazine rings is 1. The molecule has 1 amide bonds. The third-order valence-corrected chi connectivity index (χ3v) is 7.89. The summed E-state index contributed by atoms with van der Waals surface area (Å²) in [5.41, 5.74) is 3.89. The second-order valence-electron chi connectivity index (χ2n) is 9.54. The summed E-state index contributed by atoms with van der Waals surface area (Å²) < 4.78 is 21.2. The number of para-hydroxylation sites is 1. The molecule has 0 spiro atoms. The molecule has 0 aromatic heterocycles. The molecular weight excluding hydrogens is 502 g/mol. The molecule has 1 fully saturated rings. The monoisotopic (exact) mass is 543 g/mol. The van der Waals surface area contributed by atoms with Gasteiger partial charge in [0, 0.05) is 49.6 Å². The maximum Gasteiger partial charge on any atom is 0.248 e. The van der Waals surface area contributed by atoms with E-state index < -0.39 is 0 Å². The van der Waals surface area contributed by atoms with Crippen molar-refractivity contribution in [1.29, 1.82) is 0 Å². The number of ether oxygens (including phenoxy) is 4. The van der Waals surface area contributed by atoms with E-state index in [1.54, 1.807) is 7.11 Å². The molecule has 0 saturated carbocycles. The minimum Gasteiger partial charge on any atom is -0.382 e. The molecule has 1 saturated heterocycles. The van der Waals surface area contributed by atoms with Crippen LogP contribution in [0.15, 0.2) is 52.3 Å². The lowest BCUT2D eigenvalue weighted by atomic mass is 10.1. The molecular formula is C29H41N3O5S. The Kier molecular flexibility index (Phi) is 11.7. The molecule has 2 aliphatic heterocycles.